The van der Waals surface area contributed by atoms with E-state index in [-0.39, 0.29) is 16.9 Å². The van der Waals surface area contributed by atoms with Crippen molar-refractivity contribution in [2.45, 2.75) is 57.9 Å². The average Bonchev–Trinajstić information content (AvgIpc) is 2.87. The molecule has 3 nitrogen and oxygen atoms in total. The molecule has 1 aromatic rings. The second-order valence-electron chi connectivity index (χ2n) is 7.78. The molecule has 2 bridgehead atoms. The van der Waals surface area contributed by atoms with Crippen molar-refractivity contribution in [3.8, 4) is 0 Å². The highest BCUT2D eigenvalue weighted by Gasteiger charge is 2.60. The first-order valence-electron chi connectivity index (χ1n) is 7.74. The molecule has 21 heavy (non-hydrogen) atoms. The van der Waals surface area contributed by atoms with E-state index < -0.39 is 10.0 Å². The van der Waals surface area contributed by atoms with E-state index in [9.17, 15) is 8.42 Å². The van der Waals surface area contributed by atoms with Gasteiger partial charge in [-0.15, -0.1) is 0 Å². The van der Waals surface area contributed by atoms with Crippen molar-refractivity contribution in [1.82, 2.24) is 4.72 Å². The Hall–Kier alpha value is -0.870. The van der Waals surface area contributed by atoms with Crippen LogP contribution in [-0.4, -0.2) is 14.5 Å². The molecular formula is C17H25NO2S. The van der Waals surface area contributed by atoms with Gasteiger partial charge in [-0.25, -0.2) is 13.1 Å². The van der Waals surface area contributed by atoms with Crippen LogP contribution in [0.25, 0.3) is 0 Å². The molecule has 1 N–H and O–H groups in total. The molecule has 1 aromatic carbocycles. The van der Waals surface area contributed by atoms with Crippen molar-refractivity contribution in [1.29, 1.82) is 0 Å². The molecule has 116 valence electrons. The molecule has 2 saturated carbocycles. The quantitative estimate of drug-likeness (QED) is 0.929. The smallest absolute Gasteiger partial charge is 0.207 e. The van der Waals surface area contributed by atoms with E-state index in [1.807, 2.05) is 19.1 Å². The van der Waals surface area contributed by atoms with Crippen LogP contribution in [0.15, 0.2) is 29.2 Å². The molecule has 4 heteroatoms. The molecular weight excluding hydrogens is 282 g/mol. The zero-order chi connectivity index (χ0) is 15.5. The molecule has 0 aliphatic heterocycles. The number of nitrogens with one attached hydrogen (secondary N) is 1. The lowest BCUT2D eigenvalue weighted by molar-refractivity contribution is 0.127. The molecule has 2 aliphatic carbocycles. The normalized spacial score (nSPS) is 34.3. The summed E-state index contributed by atoms with van der Waals surface area (Å²) in [5, 5.41) is 0. The molecule has 2 aliphatic rings. The molecule has 2 unspecified atom stereocenters. The summed E-state index contributed by atoms with van der Waals surface area (Å²) in [6.45, 7) is 8.63. The van der Waals surface area contributed by atoms with Crippen molar-refractivity contribution in [3.63, 3.8) is 0 Å². The Morgan fingerprint density at radius 3 is 2.29 bits per heavy atom. The van der Waals surface area contributed by atoms with Crippen LogP contribution in [0.4, 0.5) is 0 Å². The van der Waals surface area contributed by atoms with Gasteiger partial charge in [0.1, 0.15) is 0 Å². The Kier molecular flexibility index (Phi) is 3.27. The van der Waals surface area contributed by atoms with Crippen molar-refractivity contribution in [3.05, 3.63) is 29.8 Å². The van der Waals surface area contributed by atoms with Crippen molar-refractivity contribution in [2.24, 2.45) is 16.7 Å². The Bertz CT molecular complexity index is 643. The molecule has 0 amide bonds. The van der Waals surface area contributed by atoms with E-state index in [1.54, 1.807) is 12.1 Å². The van der Waals surface area contributed by atoms with Gasteiger partial charge < -0.3 is 0 Å². The van der Waals surface area contributed by atoms with Crippen LogP contribution in [0.3, 0.4) is 0 Å². The van der Waals surface area contributed by atoms with Gasteiger partial charge in [-0.05, 0) is 55.1 Å². The summed E-state index contributed by atoms with van der Waals surface area (Å²) < 4.78 is 28.4. The topological polar surface area (TPSA) is 46.2 Å². The molecule has 3 atom stereocenters. The number of rotatable bonds is 3. The van der Waals surface area contributed by atoms with E-state index in [2.05, 4.69) is 25.5 Å². The number of aryl methyl sites for hydroxylation is 1. The predicted molar refractivity (Wildman–Crippen MR) is 84.5 cm³/mol. The van der Waals surface area contributed by atoms with Crippen LogP contribution in [0, 0.1) is 23.7 Å². The van der Waals surface area contributed by atoms with E-state index in [0.29, 0.717) is 10.8 Å². The fraction of sp³-hybridized carbons (Fsp3) is 0.647. The third-order valence-corrected chi connectivity index (χ3v) is 7.31. The summed E-state index contributed by atoms with van der Waals surface area (Å²) in [6, 6.07) is 7.11. The van der Waals surface area contributed by atoms with Gasteiger partial charge in [-0.1, -0.05) is 38.5 Å². The van der Waals surface area contributed by atoms with Gasteiger partial charge in [0, 0.05) is 6.04 Å². The molecule has 0 heterocycles. The van der Waals surface area contributed by atoms with Crippen molar-refractivity contribution < 1.29 is 8.42 Å². The van der Waals surface area contributed by atoms with Crippen LogP contribution in [0.2, 0.25) is 0 Å². The summed E-state index contributed by atoms with van der Waals surface area (Å²) in [5.41, 5.74) is 1.21. The molecule has 0 spiro atoms. The molecule has 0 saturated heterocycles. The lowest BCUT2D eigenvalue weighted by atomic mass is 9.69. The summed E-state index contributed by atoms with van der Waals surface area (Å²) in [7, 11) is -3.44. The van der Waals surface area contributed by atoms with Crippen LogP contribution < -0.4 is 4.72 Å². The first-order chi connectivity index (χ1) is 9.65. The summed E-state index contributed by atoms with van der Waals surface area (Å²) >= 11 is 0. The number of hydrogen-bond acceptors (Lipinski definition) is 2. The predicted octanol–water partition coefficient (Wildman–Crippen LogP) is 3.49. The van der Waals surface area contributed by atoms with Gasteiger partial charge >= 0.3 is 0 Å². The summed E-state index contributed by atoms with van der Waals surface area (Å²) in [6.07, 6.45) is 3.50. The molecule has 3 rings (SSSR count). The Morgan fingerprint density at radius 2 is 1.76 bits per heavy atom. The zero-order valence-electron chi connectivity index (χ0n) is 13.3. The Morgan fingerprint density at radius 1 is 1.14 bits per heavy atom. The fourth-order valence-electron chi connectivity index (χ4n) is 4.54. The third kappa shape index (κ3) is 2.33. The maximum absolute atomic E-state index is 12.7. The molecule has 0 radical (unpaired) electrons. The maximum Gasteiger partial charge on any atom is 0.240 e. The minimum Gasteiger partial charge on any atom is -0.207 e. The summed E-state index contributed by atoms with van der Waals surface area (Å²) in [5.74, 6) is 0.633. The van der Waals surface area contributed by atoms with Gasteiger partial charge in [0.25, 0.3) is 0 Å². The maximum atomic E-state index is 12.7. The van der Waals surface area contributed by atoms with Crippen LogP contribution >= 0.6 is 0 Å². The van der Waals surface area contributed by atoms with Gasteiger partial charge in [-0.2, -0.15) is 0 Å². The number of benzene rings is 1. The number of sulfonamides is 1. The SMILES string of the molecule is Cc1ccc(S(=O)(=O)NC2C(C)(C)C3CC[C@@]2(C)C3)cc1. The lowest BCUT2D eigenvalue weighted by Crippen LogP contribution is -2.52. The van der Waals surface area contributed by atoms with Crippen molar-refractivity contribution >= 4 is 10.0 Å². The second-order valence-corrected chi connectivity index (χ2v) is 9.50. The van der Waals surface area contributed by atoms with E-state index >= 15 is 0 Å². The largest absolute Gasteiger partial charge is 0.240 e. The zero-order valence-corrected chi connectivity index (χ0v) is 14.1. The number of hydrogen-bond donors (Lipinski definition) is 1. The van der Waals surface area contributed by atoms with Crippen LogP contribution in [-0.2, 0) is 10.0 Å². The van der Waals surface area contributed by atoms with E-state index in [4.69, 9.17) is 0 Å². The Balaban J connectivity index is 1.91. The first-order valence-corrected chi connectivity index (χ1v) is 9.22. The first kappa shape index (κ1) is 15.0. The highest BCUT2D eigenvalue weighted by atomic mass is 32.2. The monoisotopic (exact) mass is 307 g/mol. The highest BCUT2D eigenvalue weighted by Crippen LogP contribution is 2.62. The van der Waals surface area contributed by atoms with Crippen LogP contribution in [0.5, 0.6) is 0 Å². The number of fused-ring (bicyclic) bond motifs is 2. The van der Waals surface area contributed by atoms with Gasteiger partial charge in [0.15, 0.2) is 0 Å². The van der Waals surface area contributed by atoms with Gasteiger partial charge in [0.2, 0.25) is 10.0 Å². The van der Waals surface area contributed by atoms with Crippen LogP contribution in [0.1, 0.15) is 45.6 Å². The molecule has 2 fully saturated rings. The van der Waals surface area contributed by atoms with Gasteiger partial charge in [-0.3, -0.25) is 0 Å². The van der Waals surface area contributed by atoms with Gasteiger partial charge in [0.05, 0.1) is 4.90 Å². The second kappa shape index (κ2) is 4.56. The standard InChI is InChI=1S/C17H25NO2S/c1-12-5-7-14(8-6-12)21(19,20)18-15-16(2,3)13-9-10-17(15,4)11-13/h5-8,13,15,18H,9-11H2,1-4H3/t13?,15?,17-/m0/s1. The lowest BCUT2D eigenvalue weighted by Gasteiger charge is -2.42. The minimum atomic E-state index is -3.44. The highest BCUT2D eigenvalue weighted by molar-refractivity contribution is 7.89. The van der Waals surface area contributed by atoms with Crippen molar-refractivity contribution in [2.75, 3.05) is 0 Å². The third-order valence-electron chi connectivity index (χ3n) is 5.87. The minimum absolute atomic E-state index is 0.0232. The molecule has 0 aromatic heterocycles. The van der Waals surface area contributed by atoms with E-state index in [0.717, 1.165) is 18.4 Å². The Labute approximate surface area is 128 Å². The average molecular weight is 307 g/mol. The fourth-order valence-corrected chi connectivity index (χ4v) is 6.07. The summed E-state index contributed by atoms with van der Waals surface area (Å²) in [4.78, 5) is 0.371. The van der Waals surface area contributed by atoms with E-state index in [1.165, 1.54) is 6.42 Å².